The third kappa shape index (κ3) is 3.44. The first-order chi connectivity index (χ1) is 13.2. The molecule has 1 atom stereocenters. The fraction of sp³-hybridized carbons (Fsp3) is 0.238. The lowest BCUT2D eigenvalue weighted by atomic mass is 10.1. The highest BCUT2D eigenvalue weighted by Gasteiger charge is 2.31. The predicted molar refractivity (Wildman–Crippen MR) is 103 cm³/mol. The van der Waals surface area contributed by atoms with Crippen LogP contribution in [0.3, 0.4) is 0 Å². The van der Waals surface area contributed by atoms with E-state index in [9.17, 15) is 4.79 Å². The molecule has 3 aromatic rings. The number of hydroxylamine groups is 2. The van der Waals surface area contributed by atoms with Crippen LogP contribution >= 0.6 is 0 Å². The molecule has 0 radical (unpaired) electrons. The van der Waals surface area contributed by atoms with Gasteiger partial charge in [0.15, 0.2) is 5.75 Å². The van der Waals surface area contributed by atoms with Gasteiger partial charge >= 0.3 is 0 Å². The molecule has 2 aromatic carbocycles. The van der Waals surface area contributed by atoms with Crippen molar-refractivity contribution in [3.8, 4) is 22.8 Å². The standard InChI is InChI=1S/C21H21N3O3/c1-26-15-9-10-16-18(12-15)23-17(14-6-3-2-4-7-14)13-20(16)27-24-11-5-8-19(24)21(22)25/h2-4,6-7,9-10,12-13,19H,5,8,11H2,1H3,(H2,22,25). The molecule has 1 saturated heterocycles. The van der Waals surface area contributed by atoms with Crippen molar-refractivity contribution >= 4 is 16.8 Å². The average molecular weight is 363 g/mol. The molecule has 2 N–H and O–H groups in total. The van der Waals surface area contributed by atoms with Gasteiger partial charge in [0.05, 0.1) is 18.3 Å². The Morgan fingerprint density at radius 1 is 1.19 bits per heavy atom. The molecular weight excluding hydrogens is 342 g/mol. The zero-order valence-corrected chi connectivity index (χ0v) is 15.1. The van der Waals surface area contributed by atoms with Gasteiger partial charge in [-0.15, -0.1) is 5.06 Å². The molecule has 2 heterocycles. The molecular formula is C21H21N3O3. The van der Waals surface area contributed by atoms with E-state index in [1.165, 1.54) is 0 Å². The highest BCUT2D eigenvalue weighted by atomic mass is 16.7. The van der Waals surface area contributed by atoms with Gasteiger partial charge in [-0.2, -0.15) is 0 Å². The summed E-state index contributed by atoms with van der Waals surface area (Å²) < 4.78 is 5.34. The van der Waals surface area contributed by atoms with Crippen LogP contribution in [0, 0.1) is 0 Å². The monoisotopic (exact) mass is 363 g/mol. The van der Waals surface area contributed by atoms with Gasteiger partial charge in [0.1, 0.15) is 11.8 Å². The Morgan fingerprint density at radius 2 is 2.00 bits per heavy atom. The number of fused-ring (bicyclic) bond motifs is 1. The Hall–Kier alpha value is -3.12. The van der Waals surface area contributed by atoms with Gasteiger partial charge in [-0.05, 0) is 25.0 Å². The van der Waals surface area contributed by atoms with E-state index in [-0.39, 0.29) is 5.91 Å². The van der Waals surface area contributed by atoms with Crippen molar-refractivity contribution in [1.29, 1.82) is 0 Å². The van der Waals surface area contributed by atoms with E-state index in [2.05, 4.69) is 0 Å². The van der Waals surface area contributed by atoms with E-state index in [0.717, 1.165) is 34.3 Å². The van der Waals surface area contributed by atoms with Crippen LogP contribution in [0.2, 0.25) is 0 Å². The molecule has 1 aliphatic rings. The lowest BCUT2D eigenvalue weighted by Gasteiger charge is -2.23. The molecule has 1 unspecified atom stereocenters. The maximum absolute atomic E-state index is 11.7. The molecule has 4 rings (SSSR count). The molecule has 1 aliphatic heterocycles. The number of nitrogens with zero attached hydrogens (tertiary/aromatic N) is 2. The first kappa shape index (κ1) is 17.3. The summed E-state index contributed by atoms with van der Waals surface area (Å²) in [6, 6.07) is 17.1. The maximum Gasteiger partial charge on any atom is 0.238 e. The van der Waals surface area contributed by atoms with Gasteiger partial charge in [0.2, 0.25) is 5.91 Å². The van der Waals surface area contributed by atoms with Gasteiger partial charge in [-0.3, -0.25) is 4.79 Å². The number of rotatable bonds is 5. The predicted octanol–water partition coefficient (Wildman–Crippen LogP) is 3.15. The number of hydrogen-bond donors (Lipinski definition) is 1. The fourth-order valence-corrected chi connectivity index (χ4v) is 3.40. The number of benzene rings is 2. The minimum absolute atomic E-state index is 0.365. The molecule has 6 heteroatoms. The summed E-state index contributed by atoms with van der Waals surface area (Å²) in [6.45, 7) is 0.661. The number of ether oxygens (including phenoxy) is 1. The van der Waals surface area contributed by atoms with Crippen molar-refractivity contribution in [3.63, 3.8) is 0 Å². The second-order valence-corrected chi connectivity index (χ2v) is 6.55. The molecule has 138 valence electrons. The quantitative estimate of drug-likeness (QED) is 0.753. The van der Waals surface area contributed by atoms with Crippen LogP contribution in [0.4, 0.5) is 0 Å². The first-order valence-electron chi connectivity index (χ1n) is 8.94. The second kappa shape index (κ2) is 7.25. The maximum atomic E-state index is 11.7. The van der Waals surface area contributed by atoms with E-state index >= 15 is 0 Å². The molecule has 1 aromatic heterocycles. The van der Waals surface area contributed by atoms with E-state index in [0.29, 0.717) is 18.7 Å². The number of nitrogens with two attached hydrogens (primary N) is 1. The summed E-state index contributed by atoms with van der Waals surface area (Å²) in [5, 5.41) is 2.53. The lowest BCUT2D eigenvalue weighted by molar-refractivity contribution is -0.135. The smallest absolute Gasteiger partial charge is 0.238 e. The second-order valence-electron chi connectivity index (χ2n) is 6.55. The molecule has 1 amide bonds. The highest BCUT2D eigenvalue weighted by molar-refractivity contribution is 5.89. The van der Waals surface area contributed by atoms with Crippen molar-refractivity contribution < 1.29 is 14.4 Å². The van der Waals surface area contributed by atoms with E-state index < -0.39 is 6.04 Å². The van der Waals surface area contributed by atoms with Crippen molar-refractivity contribution in [1.82, 2.24) is 10.0 Å². The van der Waals surface area contributed by atoms with Crippen LogP contribution in [0.25, 0.3) is 22.2 Å². The fourth-order valence-electron chi connectivity index (χ4n) is 3.40. The van der Waals surface area contributed by atoms with Crippen LogP contribution in [-0.4, -0.2) is 35.7 Å². The molecule has 6 nitrogen and oxygen atoms in total. The van der Waals surface area contributed by atoms with Gasteiger partial charge in [0.25, 0.3) is 0 Å². The molecule has 0 saturated carbocycles. The molecule has 1 fully saturated rings. The third-order valence-corrected chi connectivity index (χ3v) is 4.80. The third-order valence-electron chi connectivity index (χ3n) is 4.80. The SMILES string of the molecule is COc1ccc2c(ON3CCCC3C(N)=O)cc(-c3ccccc3)nc2c1. The van der Waals surface area contributed by atoms with Crippen LogP contribution in [0.5, 0.6) is 11.5 Å². The summed E-state index contributed by atoms with van der Waals surface area (Å²) in [7, 11) is 1.63. The Labute approximate surface area is 157 Å². The van der Waals surface area contributed by atoms with Crippen LogP contribution < -0.4 is 15.3 Å². The van der Waals surface area contributed by atoms with Crippen LogP contribution in [0.1, 0.15) is 12.8 Å². The highest BCUT2D eigenvalue weighted by Crippen LogP contribution is 2.33. The largest absolute Gasteiger partial charge is 0.497 e. The van der Waals surface area contributed by atoms with Gasteiger partial charge in [0, 0.05) is 29.6 Å². The molecule has 0 spiro atoms. The summed E-state index contributed by atoms with van der Waals surface area (Å²) >= 11 is 0. The Morgan fingerprint density at radius 3 is 2.74 bits per heavy atom. The number of primary amides is 1. The first-order valence-corrected chi connectivity index (χ1v) is 8.94. The van der Waals surface area contributed by atoms with E-state index in [4.69, 9.17) is 20.3 Å². The zero-order valence-electron chi connectivity index (χ0n) is 15.1. The van der Waals surface area contributed by atoms with Crippen molar-refractivity contribution in [2.45, 2.75) is 18.9 Å². The zero-order chi connectivity index (χ0) is 18.8. The molecule has 0 bridgehead atoms. The molecule has 0 aliphatic carbocycles. The van der Waals surface area contributed by atoms with E-state index in [1.54, 1.807) is 12.2 Å². The Balaban J connectivity index is 1.81. The number of aromatic nitrogens is 1. The Kier molecular flexibility index (Phi) is 4.64. The van der Waals surface area contributed by atoms with Gasteiger partial charge in [-0.1, -0.05) is 30.3 Å². The number of methoxy groups -OCH3 is 1. The van der Waals surface area contributed by atoms with Crippen LogP contribution in [-0.2, 0) is 4.79 Å². The average Bonchev–Trinajstić information content (AvgIpc) is 3.16. The topological polar surface area (TPSA) is 77.7 Å². The number of carbonyl (C=O) groups is 1. The van der Waals surface area contributed by atoms with Gasteiger partial charge < -0.3 is 15.3 Å². The van der Waals surface area contributed by atoms with E-state index in [1.807, 2.05) is 54.6 Å². The lowest BCUT2D eigenvalue weighted by Crippen LogP contribution is -2.42. The van der Waals surface area contributed by atoms with Crippen molar-refractivity contribution in [2.24, 2.45) is 5.73 Å². The minimum atomic E-state index is -0.411. The summed E-state index contributed by atoms with van der Waals surface area (Å²) in [4.78, 5) is 22.6. The number of amides is 1. The number of hydrogen-bond acceptors (Lipinski definition) is 5. The summed E-state index contributed by atoms with van der Waals surface area (Å²) in [5.41, 5.74) is 8.07. The summed E-state index contributed by atoms with van der Waals surface area (Å²) in [5.74, 6) is 1.01. The van der Waals surface area contributed by atoms with Crippen LogP contribution in [0.15, 0.2) is 54.6 Å². The number of carbonyl (C=O) groups excluding carboxylic acids is 1. The Bertz CT molecular complexity index is 975. The van der Waals surface area contributed by atoms with Gasteiger partial charge in [-0.25, -0.2) is 4.98 Å². The molecule has 27 heavy (non-hydrogen) atoms. The summed E-state index contributed by atoms with van der Waals surface area (Å²) in [6.07, 6.45) is 1.58. The normalized spacial score (nSPS) is 17.1. The van der Waals surface area contributed by atoms with Crippen molar-refractivity contribution in [3.05, 3.63) is 54.6 Å². The van der Waals surface area contributed by atoms with Crippen molar-refractivity contribution in [2.75, 3.05) is 13.7 Å². The number of pyridine rings is 1. The minimum Gasteiger partial charge on any atom is -0.497 e.